The van der Waals surface area contributed by atoms with E-state index < -0.39 is 0 Å². The Morgan fingerprint density at radius 3 is 2.26 bits per heavy atom. The molecule has 0 aliphatic carbocycles. The highest BCUT2D eigenvalue weighted by atomic mass is 16.6. The van der Waals surface area contributed by atoms with Crippen LogP contribution < -0.4 is 5.32 Å². The lowest BCUT2D eigenvalue weighted by molar-refractivity contribution is -0.139. The van der Waals surface area contributed by atoms with Gasteiger partial charge < -0.3 is 19.9 Å². The fourth-order valence-electron chi connectivity index (χ4n) is 2.48. The summed E-state index contributed by atoms with van der Waals surface area (Å²) in [6, 6.07) is 0. The van der Waals surface area contributed by atoms with Crippen LogP contribution in [0, 0.1) is 11.8 Å². The third-order valence-electron chi connectivity index (χ3n) is 4.03. The van der Waals surface area contributed by atoms with Gasteiger partial charge in [0.25, 0.3) is 0 Å². The number of carbonyl (C=O) groups excluding carboxylic acids is 2. The molecule has 0 aromatic rings. The number of hydrogen-bond donors (Lipinski definition) is 1. The predicted octanol–water partition coefficient (Wildman–Crippen LogP) is 0.143. The lowest BCUT2D eigenvalue weighted by atomic mass is 9.88. The van der Waals surface area contributed by atoms with E-state index in [9.17, 15) is 9.59 Å². The summed E-state index contributed by atoms with van der Waals surface area (Å²) in [5.74, 6) is 0.765. The molecule has 6 nitrogen and oxygen atoms in total. The van der Waals surface area contributed by atoms with Gasteiger partial charge in [-0.2, -0.15) is 0 Å². The Bertz CT molecular complexity index is 336. The molecule has 108 valence electrons. The molecular formula is C13H23N3O3. The molecule has 0 spiro atoms. The van der Waals surface area contributed by atoms with Crippen molar-refractivity contribution >= 4 is 12.0 Å². The van der Waals surface area contributed by atoms with Crippen LogP contribution >= 0.6 is 0 Å². The summed E-state index contributed by atoms with van der Waals surface area (Å²) in [5.41, 5.74) is 0. The molecule has 2 amide bonds. The second-order valence-corrected chi connectivity index (χ2v) is 5.22. The van der Waals surface area contributed by atoms with Crippen LogP contribution in [0.25, 0.3) is 0 Å². The standard InChI is InChI=1S/C13H23N3O3/c1-3-19-13(18)16-6-4-15(5-7-16)12(17)10(2)11-8-14-9-11/h10-11,14H,3-9H2,1-2H3. The maximum Gasteiger partial charge on any atom is 0.409 e. The van der Waals surface area contributed by atoms with Crippen molar-refractivity contribution < 1.29 is 14.3 Å². The van der Waals surface area contributed by atoms with E-state index in [4.69, 9.17) is 4.74 Å². The highest BCUT2D eigenvalue weighted by Crippen LogP contribution is 2.19. The smallest absolute Gasteiger partial charge is 0.409 e. The predicted molar refractivity (Wildman–Crippen MR) is 70.7 cm³/mol. The molecule has 1 N–H and O–H groups in total. The van der Waals surface area contributed by atoms with E-state index in [1.807, 2.05) is 11.8 Å². The molecule has 0 saturated carbocycles. The first-order chi connectivity index (χ1) is 9.13. The van der Waals surface area contributed by atoms with Gasteiger partial charge in [0.15, 0.2) is 0 Å². The van der Waals surface area contributed by atoms with Crippen molar-refractivity contribution in [1.82, 2.24) is 15.1 Å². The minimum atomic E-state index is -0.272. The summed E-state index contributed by atoms with van der Waals surface area (Å²) in [6.45, 7) is 8.44. The van der Waals surface area contributed by atoms with Crippen molar-refractivity contribution in [2.24, 2.45) is 11.8 Å². The zero-order valence-corrected chi connectivity index (χ0v) is 11.7. The quantitative estimate of drug-likeness (QED) is 0.792. The Labute approximate surface area is 114 Å². The average Bonchev–Trinajstić information content (AvgIpc) is 2.36. The van der Waals surface area contributed by atoms with Crippen molar-refractivity contribution in [2.45, 2.75) is 13.8 Å². The first kappa shape index (κ1) is 14.1. The molecule has 2 aliphatic rings. The molecule has 0 bridgehead atoms. The Kier molecular flexibility index (Phi) is 4.63. The number of piperazine rings is 1. The topological polar surface area (TPSA) is 61.9 Å². The van der Waals surface area contributed by atoms with Crippen molar-refractivity contribution in [2.75, 3.05) is 45.9 Å². The number of ether oxygens (including phenoxy) is 1. The Morgan fingerprint density at radius 1 is 1.21 bits per heavy atom. The van der Waals surface area contributed by atoms with Crippen molar-refractivity contribution in [3.05, 3.63) is 0 Å². The largest absolute Gasteiger partial charge is 0.450 e. The second-order valence-electron chi connectivity index (χ2n) is 5.22. The lowest BCUT2D eigenvalue weighted by Crippen LogP contribution is -2.55. The van der Waals surface area contributed by atoms with Crippen molar-refractivity contribution in [3.8, 4) is 0 Å². The highest BCUT2D eigenvalue weighted by Gasteiger charge is 2.33. The summed E-state index contributed by atoms with van der Waals surface area (Å²) < 4.78 is 4.96. The molecule has 2 saturated heterocycles. The molecule has 0 radical (unpaired) electrons. The van der Waals surface area contributed by atoms with Crippen molar-refractivity contribution in [3.63, 3.8) is 0 Å². The molecule has 19 heavy (non-hydrogen) atoms. The van der Waals surface area contributed by atoms with E-state index in [0.717, 1.165) is 13.1 Å². The number of rotatable bonds is 3. The van der Waals surface area contributed by atoms with Gasteiger partial charge in [0, 0.05) is 32.1 Å². The second kappa shape index (κ2) is 6.23. The highest BCUT2D eigenvalue weighted by molar-refractivity contribution is 5.79. The van der Waals surface area contributed by atoms with Gasteiger partial charge in [0.2, 0.25) is 5.91 Å². The Morgan fingerprint density at radius 2 is 1.79 bits per heavy atom. The van der Waals surface area contributed by atoms with E-state index in [1.165, 1.54) is 0 Å². The van der Waals surface area contributed by atoms with Gasteiger partial charge in [-0.1, -0.05) is 6.92 Å². The van der Waals surface area contributed by atoms with Crippen LogP contribution in [0.15, 0.2) is 0 Å². The SMILES string of the molecule is CCOC(=O)N1CCN(C(=O)C(C)C2CNC2)CC1. The molecule has 2 fully saturated rings. The Hall–Kier alpha value is -1.30. The van der Waals surface area contributed by atoms with Crippen LogP contribution in [0.4, 0.5) is 4.79 Å². The first-order valence-corrected chi connectivity index (χ1v) is 7.04. The molecule has 0 aromatic carbocycles. The normalized spacial score (nSPS) is 21.8. The lowest BCUT2D eigenvalue weighted by Gasteiger charge is -2.38. The van der Waals surface area contributed by atoms with Crippen LogP contribution in [0.2, 0.25) is 0 Å². The van der Waals surface area contributed by atoms with Gasteiger partial charge in [0.05, 0.1) is 6.61 Å². The summed E-state index contributed by atoms with van der Waals surface area (Å²) in [5, 5.41) is 3.20. The molecular weight excluding hydrogens is 246 g/mol. The van der Waals surface area contributed by atoms with E-state index in [2.05, 4.69) is 5.32 Å². The van der Waals surface area contributed by atoms with E-state index in [0.29, 0.717) is 38.7 Å². The molecule has 0 aromatic heterocycles. The van der Waals surface area contributed by atoms with E-state index in [-0.39, 0.29) is 17.9 Å². The van der Waals surface area contributed by atoms with Crippen LogP contribution in [0.3, 0.4) is 0 Å². The van der Waals surface area contributed by atoms with Gasteiger partial charge in [-0.15, -0.1) is 0 Å². The van der Waals surface area contributed by atoms with Crippen molar-refractivity contribution in [1.29, 1.82) is 0 Å². The van der Waals surface area contributed by atoms with Gasteiger partial charge in [-0.05, 0) is 25.9 Å². The average molecular weight is 269 g/mol. The van der Waals surface area contributed by atoms with Crippen LogP contribution in [-0.4, -0.2) is 67.7 Å². The maximum absolute atomic E-state index is 12.3. The van der Waals surface area contributed by atoms with Gasteiger partial charge in [0.1, 0.15) is 0 Å². The zero-order valence-electron chi connectivity index (χ0n) is 11.7. The summed E-state index contributed by atoms with van der Waals surface area (Å²) in [4.78, 5) is 27.4. The minimum Gasteiger partial charge on any atom is -0.450 e. The van der Waals surface area contributed by atoms with E-state index >= 15 is 0 Å². The number of nitrogens with one attached hydrogen (secondary N) is 1. The number of hydrogen-bond acceptors (Lipinski definition) is 4. The fraction of sp³-hybridized carbons (Fsp3) is 0.846. The number of amides is 2. The van der Waals surface area contributed by atoms with E-state index in [1.54, 1.807) is 11.8 Å². The summed E-state index contributed by atoms with van der Waals surface area (Å²) >= 11 is 0. The number of carbonyl (C=O) groups is 2. The number of nitrogens with zero attached hydrogens (tertiary/aromatic N) is 2. The fourth-order valence-corrected chi connectivity index (χ4v) is 2.48. The van der Waals surface area contributed by atoms with Crippen LogP contribution in [-0.2, 0) is 9.53 Å². The third kappa shape index (κ3) is 3.18. The molecule has 6 heteroatoms. The monoisotopic (exact) mass is 269 g/mol. The molecule has 1 unspecified atom stereocenters. The zero-order chi connectivity index (χ0) is 13.8. The maximum atomic E-state index is 12.3. The van der Waals surface area contributed by atoms with Crippen LogP contribution in [0.1, 0.15) is 13.8 Å². The van der Waals surface area contributed by atoms with Gasteiger partial charge in [-0.25, -0.2) is 4.79 Å². The molecule has 2 aliphatic heterocycles. The molecule has 1 atom stereocenters. The summed E-state index contributed by atoms with van der Waals surface area (Å²) in [6.07, 6.45) is -0.272. The third-order valence-corrected chi connectivity index (χ3v) is 4.03. The van der Waals surface area contributed by atoms with Gasteiger partial charge in [-0.3, -0.25) is 4.79 Å². The Balaban J connectivity index is 1.79. The molecule has 2 rings (SSSR count). The van der Waals surface area contributed by atoms with Crippen LogP contribution in [0.5, 0.6) is 0 Å². The molecule has 2 heterocycles. The first-order valence-electron chi connectivity index (χ1n) is 7.04. The summed E-state index contributed by atoms with van der Waals surface area (Å²) in [7, 11) is 0. The van der Waals surface area contributed by atoms with Gasteiger partial charge >= 0.3 is 6.09 Å². The minimum absolute atomic E-state index is 0.0791.